The number of nitrogens with zero attached hydrogens (tertiary/aromatic N) is 5. The fourth-order valence-electron chi connectivity index (χ4n) is 9.42. The van der Waals surface area contributed by atoms with E-state index in [1.807, 2.05) is 29.5 Å². The fraction of sp³-hybridized carbons (Fsp3) is 0. The Bertz CT molecular complexity index is 3890. The molecule has 61 heavy (non-hydrogen) atoms. The lowest BCUT2D eigenvalue weighted by molar-refractivity contribution is 1.07. The van der Waals surface area contributed by atoms with Gasteiger partial charge in [-0.15, -0.1) is 11.3 Å². The van der Waals surface area contributed by atoms with Crippen molar-refractivity contribution >= 4 is 85.9 Å². The van der Waals surface area contributed by atoms with Crippen LogP contribution in [0.2, 0.25) is 0 Å². The molecule has 0 atom stereocenters. The normalized spacial score (nSPS) is 11.9. The zero-order valence-corrected chi connectivity index (χ0v) is 33.5. The summed E-state index contributed by atoms with van der Waals surface area (Å²) in [6, 6.07) is 71.5. The summed E-state index contributed by atoms with van der Waals surface area (Å²) in [6.07, 6.45) is 0. The van der Waals surface area contributed by atoms with Crippen LogP contribution in [0.15, 0.2) is 200 Å². The van der Waals surface area contributed by atoms with Gasteiger partial charge < -0.3 is 9.13 Å². The largest absolute Gasteiger partial charge is 0.307 e. The van der Waals surface area contributed by atoms with E-state index in [0.717, 1.165) is 55.4 Å². The Morgan fingerprint density at radius 3 is 1.64 bits per heavy atom. The smallest absolute Gasteiger partial charge is 0.164 e. The molecule has 0 bridgehead atoms. The zero-order chi connectivity index (χ0) is 40.0. The van der Waals surface area contributed by atoms with Crippen molar-refractivity contribution in [1.29, 1.82) is 0 Å². The van der Waals surface area contributed by atoms with Gasteiger partial charge in [-0.05, 0) is 72.1 Å². The molecular weight excluding hydrogens is 763 g/mol. The van der Waals surface area contributed by atoms with E-state index in [-0.39, 0.29) is 0 Å². The van der Waals surface area contributed by atoms with Crippen molar-refractivity contribution in [2.24, 2.45) is 0 Å². The second kappa shape index (κ2) is 13.3. The average molecular weight is 796 g/mol. The molecular formula is C55H33N5S. The van der Waals surface area contributed by atoms with E-state index in [1.54, 1.807) is 0 Å². The highest BCUT2D eigenvalue weighted by molar-refractivity contribution is 7.25. The topological polar surface area (TPSA) is 48.5 Å². The summed E-state index contributed by atoms with van der Waals surface area (Å²) < 4.78 is 7.42. The molecule has 6 heteroatoms. The predicted octanol–water partition coefficient (Wildman–Crippen LogP) is 14.6. The highest BCUT2D eigenvalue weighted by Crippen LogP contribution is 2.42. The predicted molar refractivity (Wildman–Crippen MR) is 255 cm³/mol. The molecule has 0 spiro atoms. The second-order valence-corrected chi connectivity index (χ2v) is 16.7. The van der Waals surface area contributed by atoms with Crippen molar-refractivity contribution < 1.29 is 0 Å². The molecule has 0 saturated heterocycles. The van der Waals surface area contributed by atoms with Gasteiger partial charge in [-0.25, -0.2) is 15.0 Å². The first-order valence-electron chi connectivity index (χ1n) is 20.5. The molecule has 4 aromatic heterocycles. The maximum Gasteiger partial charge on any atom is 0.164 e. The van der Waals surface area contributed by atoms with Crippen LogP contribution in [0.5, 0.6) is 0 Å². The number of para-hydroxylation sites is 3. The number of hydrogen-bond donors (Lipinski definition) is 0. The second-order valence-electron chi connectivity index (χ2n) is 15.6. The minimum Gasteiger partial charge on any atom is -0.307 e. The molecule has 0 aliphatic rings. The molecule has 9 aromatic carbocycles. The van der Waals surface area contributed by atoms with Crippen molar-refractivity contribution in [3.8, 4) is 45.5 Å². The summed E-state index contributed by atoms with van der Waals surface area (Å²) in [5, 5.41) is 9.62. The summed E-state index contributed by atoms with van der Waals surface area (Å²) >= 11 is 1.81. The summed E-state index contributed by atoms with van der Waals surface area (Å²) in [7, 11) is 0. The van der Waals surface area contributed by atoms with Crippen LogP contribution in [0.25, 0.3) is 120 Å². The van der Waals surface area contributed by atoms with Gasteiger partial charge in [0.2, 0.25) is 0 Å². The third-order valence-electron chi connectivity index (χ3n) is 12.2. The molecule has 0 amide bonds. The summed E-state index contributed by atoms with van der Waals surface area (Å²) in [5.74, 6) is 1.93. The number of rotatable bonds is 5. The van der Waals surface area contributed by atoms with Gasteiger partial charge in [-0.2, -0.15) is 0 Å². The van der Waals surface area contributed by atoms with Crippen LogP contribution in [0.4, 0.5) is 0 Å². The SMILES string of the molecule is c1ccc(-c2nc(-c3ccc4sc5ccccc5c4c3)nc(-c3ccc4c(c3)c3ccccc3n4-c3cccc4c5ccccc5n(-c5cccc6ccccc56)c34)n2)cc1. The quantitative estimate of drug-likeness (QED) is 0.174. The molecule has 0 saturated carbocycles. The number of thiophene rings is 1. The average Bonchev–Trinajstić information content (AvgIpc) is 3.99. The molecule has 0 N–H and O–H groups in total. The Labute approximate surface area is 354 Å². The molecule has 284 valence electrons. The highest BCUT2D eigenvalue weighted by Gasteiger charge is 2.22. The van der Waals surface area contributed by atoms with Crippen LogP contribution in [0.3, 0.4) is 0 Å². The molecule has 0 radical (unpaired) electrons. The highest BCUT2D eigenvalue weighted by atomic mass is 32.1. The Morgan fingerprint density at radius 2 is 0.836 bits per heavy atom. The molecule has 13 rings (SSSR count). The van der Waals surface area contributed by atoms with Crippen molar-refractivity contribution in [2.75, 3.05) is 0 Å². The first-order chi connectivity index (χ1) is 30.2. The van der Waals surface area contributed by atoms with E-state index in [1.165, 1.54) is 47.2 Å². The standard InChI is InChI=1S/C55H33N5S/c1-2-15-35(16-3-1)53-56-54(58-55(57-53)37-29-31-51-44(33-37)41-21-8-11-27-50(41)61-51)36-28-30-48-43(32-36)40-20-7-9-23-46(40)59(48)49-26-13-22-42-39-19-6-10-24-47(39)60(52(42)49)45-25-12-17-34-14-4-5-18-38(34)45/h1-33H. The maximum absolute atomic E-state index is 5.23. The van der Waals surface area contributed by atoms with E-state index >= 15 is 0 Å². The van der Waals surface area contributed by atoms with Crippen molar-refractivity contribution in [2.45, 2.75) is 0 Å². The Morgan fingerprint density at radius 1 is 0.311 bits per heavy atom. The third-order valence-corrected chi connectivity index (χ3v) is 13.3. The molecule has 13 aromatic rings. The number of hydrogen-bond acceptors (Lipinski definition) is 4. The molecule has 0 fully saturated rings. The minimum absolute atomic E-state index is 0.635. The van der Waals surface area contributed by atoms with Gasteiger partial charge in [0, 0.05) is 63.8 Å². The summed E-state index contributed by atoms with van der Waals surface area (Å²) in [4.78, 5) is 15.5. The molecule has 0 unspecified atom stereocenters. The lowest BCUT2D eigenvalue weighted by Crippen LogP contribution is -2.01. The van der Waals surface area contributed by atoms with E-state index in [4.69, 9.17) is 15.0 Å². The zero-order valence-electron chi connectivity index (χ0n) is 32.7. The van der Waals surface area contributed by atoms with Crippen molar-refractivity contribution in [3.63, 3.8) is 0 Å². The van der Waals surface area contributed by atoms with Crippen LogP contribution in [0, 0.1) is 0 Å². The number of aromatic nitrogens is 5. The summed E-state index contributed by atoms with van der Waals surface area (Å²) in [5.41, 5.74) is 9.70. The van der Waals surface area contributed by atoms with Gasteiger partial charge in [0.15, 0.2) is 17.5 Å². The van der Waals surface area contributed by atoms with Crippen LogP contribution < -0.4 is 0 Å². The van der Waals surface area contributed by atoms with Crippen molar-refractivity contribution in [1.82, 2.24) is 24.1 Å². The third kappa shape index (κ3) is 5.22. The fourth-order valence-corrected chi connectivity index (χ4v) is 10.5. The van der Waals surface area contributed by atoms with E-state index in [2.05, 4.69) is 191 Å². The van der Waals surface area contributed by atoms with Crippen LogP contribution in [0.1, 0.15) is 0 Å². The van der Waals surface area contributed by atoms with Crippen LogP contribution >= 0.6 is 11.3 Å². The monoisotopic (exact) mass is 795 g/mol. The summed E-state index contributed by atoms with van der Waals surface area (Å²) in [6.45, 7) is 0. The minimum atomic E-state index is 0.635. The lowest BCUT2D eigenvalue weighted by Gasteiger charge is -2.16. The Balaban J connectivity index is 1.04. The first kappa shape index (κ1) is 34.0. The molecule has 0 aliphatic carbocycles. The van der Waals surface area contributed by atoms with E-state index in [9.17, 15) is 0 Å². The molecule has 0 aliphatic heterocycles. The first-order valence-corrected chi connectivity index (χ1v) is 21.3. The maximum atomic E-state index is 5.23. The van der Waals surface area contributed by atoms with Gasteiger partial charge in [0.25, 0.3) is 0 Å². The van der Waals surface area contributed by atoms with Gasteiger partial charge in [-0.1, -0.05) is 133 Å². The Kier molecular flexibility index (Phi) is 7.41. The molecule has 4 heterocycles. The number of fused-ring (bicyclic) bond motifs is 10. The van der Waals surface area contributed by atoms with Gasteiger partial charge in [0.1, 0.15) is 0 Å². The van der Waals surface area contributed by atoms with Crippen LogP contribution in [-0.4, -0.2) is 24.1 Å². The van der Waals surface area contributed by atoms with Crippen LogP contribution in [-0.2, 0) is 0 Å². The Hall–Kier alpha value is -7.93. The van der Waals surface area contributed by atoms with Gasteiger partial charge in [0.05, 0.1) is 33.4 Å². The van der Waals surface area contributed by atoms with Gasteiger partial charge in [-0.3, -0.25) is 0 Å². The van der Waals surface area contributed by atoms with E-state index < -0.39 is 0 Å². The lowest BCUT2D eigenvalue weighted by atomic mass is 10.1. The van der Waals surface area contributed by atoms with Gasteiger partial charge >= 0.3 is 0 Å². The van der Waals surface area contributed by atoms with Crippen molar-refractivity contribution in [3.05, 3.63) is 200 Å². The van der Waals surface area contributed by atoms with E-state index in [0.29, 0.717) is 17.5 Å². The molecule has 5 nitrogen and oxygen atoms in total. The number of benzene rings is 9.